The highest BCUT2D eigenvalue weighted by atomic mass is 16.7. The van der Waals surface area contributed by atoms with Crippen molar-refractivity contribution in [1.82, 2.24) is 16.1 Å². The van der Waals surface area contributed by atoms with Gasteiger partial charge in [-0.1, -0.05) is 51.9 Å². The summed E-state index contributed by atoms with van der Waals surface area (Å²) < 4.78 is 13.1. The Morgan fingerprint density at radius 2 is 2.00 bits per heavy atom. The highest BCUT2D eigenvalue weighted by Gasteiger charge is 2.68. The van der Waals surface area contributed by atoms with Crippen LogP contribution in [0.4, 0.5) is 0 Å². The molecule has 5 N–H and O–H groups in total. The zero-order valence-corrected chi connectivity index (χ0v) is 23.6. The Hall–Kier alpha value is -2.93. The Morgan fingerprint density at radius 1 is 1.28 bits per heavy atom. The van der Waals surface area contributed by atoms with Crippen LogP contribution in [0.3, 0.4) is 0 Å². The maximum Gasteiger partial charge on any atom is 0.481 e. The molecule has 2 amide bonds. The largest absolute Gasteiger partial charge is 0.481 e. The van der Waals surface area contributed by atoms with Crippen LogP contribution in [0.15, 0.2) is 29.8 Å². The maximum atomic E-state index is 13.5. The number of nitrogens with two attached hydrogens (primary N) is 1. The summed E-state index contributed by atoms with van der Waals surface area (Å²) >= 11 is 0. The third-order valence-corrected chi connectivity index (χ3v) is 8.51. The average Bonchev–Trinajstić information content (AvgIpc) is 3.20. The molecule has 4 rings (SSSR count). The molecule has 4 aliphatic rings. The molecule has 0 aromatic carbocycles. The highest BCUT2D eigenvalue weighted by molar-refractivity contribution is 6.48. The van der Waals surface area contributed by atoms with Gasteiger partial charge in [0, 0.05) is 12.6 Å². The minimum atomic E-state index is -0.868. The molecule has 13 heteroatoms. The molecule has 39 heavy (non-hydrogen) atoms. The van der Waals surface area contributed by atoms with E-state index < -0.39 is 35.6 Å². The van der Waals surface area contributed by atoms with E-state index in [9.17, 15) is 19.7 Å². The van der Waals surface area contributed by atoms with Crippen LogP contribution in [-0.2, 0) is 18.9 Å². The second kappa shape index (κ2) is 12.5. The zero-order valence-electron chi connectivity index (χ0n) is 23.6. The molecule has 1 aliphatic heterocycles. The number of nitro groups is 1. The van der Waals surface area contributed by atoms with Gasteiger partial charge in [0.25, 0.3) is 5.96 Å². The molecule has 0 aromatic rings. The fourth-order valence-corrected chi connectivity index (χ4v) is 6.37. The van der Waals surface area contributed by atoms with Crippen LogP contribution in [0.2, 0.25) is 0 Å². The Balaban J connectivity index is 1.70. The van der Waals surface area contributed by atoms with Gasteiger partial charge in [0.1, 0.15) is 6.04 Å². The summed E-state index contributed by atoms with van der Waals surface area (Å²) in [5, 5.41) is 15.5. The molecule has 3 saturated carbocycles. The molecular formula is C26H43BN6O6. The summed E-state index contributed by atoms with van der Waals surface area (Å²) in [5.74, 6) is -0.264. The number of hydrogen-bond donors (Lipinski definition) is 4. The van der Waals surface area contributed by atoms with Gasteiger partial charge in [-0.2, -0.15) is 0 Å². The molecule has 1 saturated heterocycles. The van der Waals surface area contributed by atoms with Gasteiger partial charge in [-0.05, 0) is 62.2 Å². The number of amides is 2. The Kier molecular flexibility index (Phi) is 9.81. The molecule has 4 fully saturated rings. The zero-order chi connectivity index (χ0) is 29.0. The smallest absolute Gasteiger partial charge is 0.404 e. The van der Waals surface area contributed by atoms with Gasteiger partial charge in [-0.25, -0.2) is 15.1 Å². The molecule has 0 radical (unpaired) electrons. The molecule has 6 atom stereocenters. The second-order valence-corrected chi connectivity index (χ2v) is 12.0. The van der Waals surface area contributed by atoms with E-state index in [1.165, 1.54) is 18.2 Å². The molecule has 0 spiro atoms. The summed E-state index contributed by atoms with van der Waals surface area (Å²) in [5.41, 5.74) is 7.04. The van der Waals surface area contributed by atoms with E-state index in [1.54, 1.807) is 5.43 Å². The first kappa shape index (κ1) is 30.6. The molecule has 2 bridgehead atoms. The van der Waals surface area contributed by atoms with Gasteiger partial charge in [0.05, 0.1) is 17.6 Å². The predicted molar refractivity (Wildman–Crippen MR) is 149 cm³/mol. The van der Waals surface area contributed by atoms with Crippen LogP contribution in [0.1, 0.15) is 66.7 Å². The number of nitrogens with one attached hydrogen (secondary N) is 3. The van der Waals surface area contributed by atoms with Gasteiger partial charge in [0.2, 0.25) is 11.8 Å². The lowest BCUT2D eigenvalue weighted by Crippen LogP contribution is -2.65. The van der Waals surface area contributed by atoms with Gasteiger partial charge < -0.3 is 25.7 Å². The second-order valence-electron chi connectivity index (χ2n) is 12.0. The van der Waals surface area contributed by atoms with Crippen LogP contribution in [-0.4, -0.2) is 60.2 Å². The molecule has 216 valence electrons. The van der Waals surface area contributed by atoms with Crippen molar-refractivity contribution in [3.05, 3.63) is 34.9 Å². The first-order valence-corrected chi connectivity index (χ1v) is 13.7. The van der Waals surface area contributed by atoms with Gasteiger partial charge in [-0.15, -0.1) is 0 Å². The van der Waals surface area contributed by atoms with E-state index in [0.29, 0.717) is 24.7 Å². The van der Waals surface area contributed by atoms with Gasteiger partial charge >= 0.3 is 7.12 Å². The van der Waals surface area contributed by atoms with E-state index in [4.69, 9.17) is 15.0 Å². The molecule has 1 heterocycles. The van der Waals surface area contributed by atoms with Crippen LogP contribution >= 0.6 is 0 Å². The third-order valence-electron chi connectivity index (χ3n) is 8.51. The first-order chi connectivity index (χ1) is 18.3. The molecule has 12 nitrogen and oxygen atoms in total. The molecular weight excluding hydrogens is 503 g/mol. The van der Waals surface area contributed by atoms with Gasteiger partial charge in [0.15, 0.2) is 5.03 Å². The SMILES string of the molecule is C=C/C=C/C(=O)N[C@@H](CCCN=C(N)N[N+](=O)[O-])C(=O)N[C@@H](CC(C)C)B1O[C@@H]2C[C@@H]3C[C@@H](C3(C)C)[C@]2(C)O1. The van der Waals surface area contributed by atoms with E-state index in [2.05, 4.69) is 56.8 Å². The van der Waals surface area contributed by atoms with Crippen LogP contribution in [0, 0.1) is 33.3 Å². The summed E-state index contributed by atoms with van der Waals surface area (Å²) in [6.45, 7) is 14.6. The fraction of sp³-hybridized carbons (Fsp3) is 0.731. The minimum absolute atomic E-state index is 0.0125. The number of allylic oxidation sites excluding steroid dienone is 2. The topological polar surface area (TPSA) is 170 Å². The van der Waals surface area contributed by atoms with Crippen LogP contribution in [0.25, 0.3) is 0 Å². The number of hydrazine groups is 1. The van der Waals surface area contributed by atoms with Crippen LogP contribution in [0.5, 0.6) is 0 Å². The number of guanidine groups is 1. The summed E-state index contributed by atoms with van der Waals surface area (Å²) in [6.07, 6.45) is 7.54. The highest BCUT2D eigenvalue weighted by Crippen LogP contribution is 2.65. The first-order valence-electron chi connectivity index (χ1n) is 13.7. The molecule has 3 aliphatic carbocycles. The lowest BCUT2D eigenvalue weighted by molar-refractivity contribution is -0.525. The van der Waals surface area contributed by atoms with Crippen molar-refractivity contribution in [2.24, 2.45) is 33.9 Å². The van der Waals surface area contributed by atoms with Crippen molar-refractivity contribution in [3.8, 4) is 0 Å². The molecule has 0 unspecified atom stereocenters. The lowest BCUT2D eigenvalue weighted by Gasteiger charge is -2.64. The van der Waals surface area contributed by atoms with Crippen molar-refractivity contribution < 1.29 is 23.9 Å². The lowest BCUT2D eigenvalue weighted by atomic mass is 9.43. The number of nitrogens with zero attached hydrogens (tertiary/aromatic N) is 2. The quantitative estimate of drug-likeness (QED) is 0.0397. The van der Waals surface area contributed by atoms with E-state index in [0.717, 1.165) is 12.8 Å². The molecule has 0 aromatic heterocycles. The number of carbonyl (C=O) groups excluding carboxylic acids is 2. The number of hydrogen-bond acceptors (Lipinski definition) is 7. The third kappa shape index (κ3) is 7.19. The monoisotopic (exact) mass is 546 g/mol. The van der Waals surface area contributed by atoms with E-state index in [1.807, 2.05) is 0 Å². The summed E-state index contributed by atoms with van der Waals surface area (Å²) in [6, 6.07) is -0.868. The Labute approximate surface area is 230 Å². The van der Waals surface area contributed by atoms with E-state index >= 15 is 0 Å². The fourth-order valence-electron chi connectivity index (χ4n) is 6.37. The van der Waals surface area contributed by atoms with Crippen molar-refractivity contribution in [3.63, 3.8) is 0 Å². The summed E-state index contributed by atoms with van der Waals surface area (Å²) in [7, 11) is -0.587. The predicted octanol–water partition coefficient (Wildman–Crippen LogP) is 1.89. The number of carbonyl (C=O) groups is 2. The van der Waals surface area contributed by atoms with Crippen LogP contribution < -0.4 is 21.8 Å². The minimum Gasteiger partial charge on any atom is -0.404 e. The number of aliphatic imine (C=N–C) groups is 1. The normalized spacial score (nSPS) is 28.8. The average molecular weight is 546 g/mol. The summed E-state index contributed by atoms with van der Waals surface area (Å²) in [4.78, 5) is 40.3. The Morgan fingerprint density at radius 3 is 2.62 bits per heavy atom. The number of rotatable bonds is 13. The Bertz CT molecular complexity index is 1000. The standard InChI is InChI=1S/C26H43BN6O6/c1-7-8-11-22(34)30-18(10-9-12-29-24(28)32-33(36)37)23(35)31-21(13-16(2)3)27-38-20-15-17-14-19(25(17,4)5)26(20,6)39-27/h7-8,11,16-21H,1,9-10,12-15H2,2-6H3,(H,30,34)(H,31,35)(H3,28,29,32)/b11-8+/t17-,18-,19-,20+,21-,26-/m0/s1. The van der Waals surface area contributed by atoms with Gasteiger partial charge in [-0.3, -0.25) is 9.59 Å². The van der Waals surface area contributed by atoms with Crippen molar-refractivity contribution in [2.75, 3.05) is 6.54 Å². The van der Waals surface area contributed by atoms with Crippen molar-refractivity contribution >= 4 is 24.9 Å². The van der Waals surface area contributed by atoms with Crippen molar-refractivity contribution in [1.29, 1.82) is 0 Å². The maximum absolute atomic E-state index is 13.5. The van der Waals surface area contributed by atoms with E-state index in [-0.39, 0.29) is 42.3 Å². The van der Waals surface area contributed by atoms with Crippen molar-refractivity contribution in [2.45, 2.75) is 90.4 Å².